The molecular formula is C23H30N2O4S2. The maximum absolute atomic E-state index is 13.3. The molecule has 0 radical (unpaired) electrons. The summed E-state index contributed by atoms with van der Waals surface area (Å²) in [5, 5.41) is 3.56. The third-order valence-electron chi connectivity index (χ3n) is 5.31. The van der Waals surface area contributed by atoms with Crippen LogP contribution in [0.2, 0.25) is 0 Å². The van der Waals surface area contributed by atoms with Gasteiger partial charge in [-0.05, 0) is 49.2 Å². The van der Waals surface area contributed by atoms with Gasteiger partial charge in [-0.3, -0.25) is 9.10 Å². The molecule has 0 unspecified atom stereocenters. The molecule has 1 aliphatic carbocycles. The molecule has 8 heteroatoms. The number of amides is 1. The van der Waals surface area contributed by atoms with Crippen molar-refractivity contribution < 1.29 is 17.9 Å². The van der Waals surface area contributed by atoms with Gasteiger partial charge in [-0.25, -0.2) is 8.42 Å². The number of sulfonamides is 1. The number of benzene rings is 2. The van der Waals surface area contributed by atoms with Crippen LogP contribution in [0.25, 0.3) is 0 Å². The molecule has 0 atom stereocenters. The summed E-state index contributed by atoms with van der Waals surface area (Å²) >= 11 is 1.90. The zero-order valence-corrected chi connectivity index (χ0v) is 19.5. The predicted molar refractivity (Wildman–Crippen MR) is 126 cm³/mol. The molecule has 1 N–H and O–H groups in total. The number of nitrogens with one attached hydrogen (secondary N) is 1. The average Bonchev–Trinajstić information content (AvgIpc) is 2.81. The minimum atomic E-state index is -3.91. The highest BCUT2D eigenvalue weighted by Crippen LogP contribution is 2.28. The predicted octanol–water partition coefficient (Wildman–Crippen LogP) is 4.07. The molecule has 0 spiro atoms. The largest absolute Gasteiger partial charge is 0.497 e. The number of methoxy groups -OCH3 is 1. The summed E-state index contributed by atoms with van der Waals surface area (Å²) < 4.78 is 32.9. The summed E-state index contributed by atoms with van der Waals surface area (Å²) in [6.07, 6.45) is 6.41. The molecule has 0 bridgehead atoms. The van der Waals surface area contributed by atoms with Gasteiger partial charge in [0.05, 0.1) is 17.7 Å². The number of nitrogens with zero attached hydrogens (tertiary/aromatic N) is 1. The van der Waals surface area contributed by atoms with Gasteiger partial charge in [0.1, 0.15) is 12.3 Å². The Kier molecular flexibility index (Phi) is 8.66. The highest BCUT2D eigenvalue weighted by molar-refractivity contribution is 7.99. The number of hydrogen-bond donors (Lipinski definition) is 1. The lowest BCUT2D eigenvalue weighted by Gasteiger charge is -2.24. The molecule has 1 fully saturated rings. The molecule has 31 heavy (non-hydrogen) atoms. The van der Waals surface area contributed by atoms with E-state index >= 15 is 0 Å². The monoisotopic (exact) mass is 462 g/mol. The first-order valence-electron chi connectivity index (χ1n) is 10.6. The summed E-state index contributed by atoms with van der Waals surface area (Å²) in [5.74, 6) is 1.09. The topological polar surface area (TPSA) is 75.7 Å². The van der Waals surface area contributed by atoms with Crippen molar-refractivity contribution in [2.75, 3.05) is 30.3 Å². The van der Waals surface area contributed by atoms with Crippen LogP contribution in [-0.4, -0.2) is 45.5 Å². The van der Waals surface area contributed by atoms with Crippen LogP contribution in [0, 0.1) is 0 Å². The van der Waals surface area contributed by atoms with Crippen LogP contribution >= 0.6 is 11.8 Å². The van der Waals surface area contributed by atoms with E-state index in [1.807, 2.05) is 17.8 Å². The van der Waals surface area contributed by atoms with Gasteiger partial charge < -0.3 is 10.1 Å². The number of carbonyl (C=O) groups is 1. The van der Waals surface area contributed by atoms with Crippen molar-refractivity contribution in [1.82, 2.24) is 5.32 Å². The van der Waals surface area contributed by atoms with Gasteiger partial charge in [-0.2, -0.15) is 11.8 Å². The van der Waals surface area contributed by atoms with Crippen molar-refractivity contribution in [2.45, 2.75) is 42.2 Å². The summed E-state index contributed by atoms with van der Waals surface area (Å²) in [6, 6.07) is 14.9. The third-order valence-corrected chi connectivity index (χ3v) is 8.48. The minimum absolute atomic E-state index is 0.109. The number of hydrogen-bond acceptors (Lipinski definition) is 5. The van der Waals surface area contributed by atoms with Crippen molar-refractivity contribution in [3.63, 3.8) is 0 Å². The molecule has 1 aliphatic rings. The Balaban J connectivity index is 1.65. The number of para-hydroxylation sites is 1. The van der Waals surface area contributed by atoms with E-state index in [4.69, 9.17) is 4.74 Å². The van der Waals surface area contributed by atoms with Gasteiger partial charge in [-0.1, -0.05) is 37.5 Å². The Bertz CT molecular complexity index is 928. The molecular weight excluding hydrogens is 432 g/mol. The molecule has 0 saturated heterocycles. The summed E-state index contributed by atoms with van der Waals surface area (Å²) in [7, 11) is -2.39. The standard InChI is InChI=1S/C23H30N2O4S2/c1-29-20-12-14-22(15-13-20)31(27,28)25(19-8-4-2-5-9-19)18-23(26)24-16-17-30-21-10-6-3-7-11-21/h2,4-5,8-9,12-15,21H,3,6-7,10-11,16-18H2,1H3,(H,24,26). The molecule has 1 amide bonds. The summed E-state index contributed by atoms with van der Waals surface area (Å²) in [6.45, 7) is 0.262. The van der Waals surface area contributed by atoms with E-state index in [0.29, 0.717) is 23.2 Å². The Morgan fingerprint density at radius 1 is 1.06 bits per heavy atom. The number of thioether (sulfide) groups is 1. The number of rotatable bonds is 10. The van der Waals surface area contributed by atoms with E-state index in [9.17, 15) is 13.2 Å². The third kappa shape index (κ3) is 6.64. The van der Waals surface area contributed by atoms with Gasteiger partial charge in [0.2, 0.25) is 5.91 Å². The highest BCUT2D eigenvalue weighted by atomic mass is 32.2. The van der Waals surface area contributed by atoms with Crippen LogP contribution < -0.4 is 14.4 Å². The molecule has 0 aliphatic heterocycles. The van der Waals surface area contributed by atoms with E-state index in [0.717, 1.165) is 10.1 Å². The Hall–Kier alpha value is -2.19. The molecule has 3 rings (SSSR count). The minimum Gasteiger partial charge on any atom is -0.497 e. The lowest BCUT2D eigenvalue weighted by molar-refractivity contribution is -0.119. The van der Waals surface area contributed by atoms with Crippen LogP contribution in [0.15, 0.2) is 59.5 Å². The van der Waals surface area contributed by atoms with E-state index in [1.54, 1.807) is 36.4 Å². The van der Waals surface area contributed by atoms with E-state index in [-0.39, 0.29) is 17.3 Å². The first kappa shape index (κ1) is 23.5. The van der Waals surface area contributed by atoms with E-state index in [1.165, 1.54) is 51.3 Å². The second kappa shape index (κ2) is 11.4. The second-order valence-corrected chi connectivity index (χ2v) is 10.8. The summed E-state index contributed by atoms with van der Waals surface area (Å²) in [5.41, 5.74) is 0.449. The first-order chi connectivity index (χ1) is 15.0. The van der Waals surface area contributed by atoms with Crippen molar-refractivity contribution in [1.29, 1.82) is 0 Å². The normalized spacial score (nSPS) is 14.7. The van der Waals surface area contributed by atoms with Crippen LogP contribution in [0.4, 0.5) is 5.69 Å². The maximum Gasteiger partial charge on any atom is 0.264 e. The Morgan fingerprint density at radius 2 is 1.74 bits per heavy atom. The van der Waals surface area contributed by atoms with Crippen molar-refractivity contribution >= 4 is 33.4 Å². The Labute approximate surface area is 189 Å². The van der Waals surface area contributed by atoms with Gasteiger partial charge in [-0.15, -0.1) is 0 Å². The van der Waals surface area contributed by atoms with Gasteiger partial charge in [0.15, 0.2) is 0 Å². The lowest BCUT2D eigenvalue weighted by atomic mass is 10.0. The average molecular weight is 463 g/mol. The van der Waals surface area contributed by atoms with Gasteiger partial charge in [0, 0.05) is 17.5 Å². The maximum atomic E-state index is 13.3. The number of carbonyl (C=O) groups excluding carboxylic acids is 1. The van der Waals surface area contributed by atoms with Crippen molar-refractivity contribution in [3.8, 4) is 5.75 Å². The van der Waals surface area contributed by atoms with Crippen molar-refractivity contribution in [2.24, 2.45) is 0 Å². The summed E-state index contributed by atoms with van der Waals surface area (Å²) in [4.78, 5) is 12.7. The van der Waals surface area contributed by atoms with Gasteiger partial charge in [0.25, 0.3) is 10.0 Å². The Morgan fingerprint density at radius 3 is 2.39 bits per heavy atom. The first-order valence-corrected chi connectivity index (χ1v) is 13.1. The molecule has 2 aromatic rings. The zero-order chi connectivity index (χ0) is 22.1. The van der Waals surface area contributed by atoms with Crippen LogP contribution in [0.1, 0.15) is 32.1 Å². The molecule has 0 heterocycles. The van der Waals surface area contributed by atoms with Gasteiger partial charge >= 0.3 is 0 Å². The van der Waals surface area contributed by atoms with Crippen LogP contribution in [-0.2, 0) is 14.8 Å². The molecule has 2 aromatic carbocycles. The molecule has 168 valence electrons. The fourth-order valence-corrected chi connectivity index (χ4v) is 6.26. The molecule has 0 aromatic heterocycles. The zero-order valence-electron chi connectivity index (χ0n) is 17.8. The molecule has 1 saturated carbocycles. The number of ether oxygens (including phenoxy) is 1. The smallest absolute Gasteiger partial charge is 0.264 e. The van der Waals surface area contributed by atoms with E-state index in [2.05, 4.69) is 5.32 Å². The second-order valence-electron chi connectivity index (χ2n) is 7.50. The quantitative estimate of drug-likeness (QED) is 0.539. The SMILES string of the molecule is COc1ccc(S(=O)(=O)N(CC(=O)NCCSC2CCCCC2)c2ccccc2)cc1. The van der Waals surface area contributed by atoms with Crippen LogP contribution in [0.5, 0.6) is 5.75 Å². The van der Waals surface area contributed by atoms with Crippen LogP contribution in [0.3, 0.4) is 0 Å². The van der Waals surface area contributed by atoms with E-state index < -0.39 is 10.0 Å². The number of anilines is 1. The fraction of sp³-hybridized carbons (Fsp3) is 0.435. The molecule has 6 nitrogen and oxygen atoms in total. The van der Waals surface area contributed by atoms with Crippen molar-refractivity contribution in [3.05, 3.63) is 54.6 Å². The highest BCUT2D eigenvalue weighted by Gasteiger charge is 2.27. The lowest BCUT2D eigenvalue weighted by Crippen LogP contribution is -2.41. The fourth-order valence-electron chi connectivity index (χ4n) is 3.62.